The lowest BCUT2D eigenvalue weighted by Gasteiger charge is -2.13. The second-order valence-electron chi connectivity index (χ2n) is 4.22. The quantitative estimate of drug-likeness (QED) is 0.899. The molecule has 0 bridgehead atoms. The number of rotatable bonds is 5. The number of aryl methyl sites for hydroxylation is 1. The van der Waals surface area contributed by atoms with E-state index in [0.717, 1.165) is 23.1 Å². The van der Waals surface area contributed by atoms with Gasteiger partial charge in [-0.15, -0.1) is 11.3 Å². The number of nitrogens with zero attached hydrogens (tertiary/aromatic N) is 2. The fourth-order valence-corrected chi connectivity index (χ4v) is 2.26. The topological polar surface area (TPSA) is 47.0 Å². The molecule has 2 rings (SSSR count). The zero-order valence-corrected chi connectivity index (χ0v) is 11.6. The van der Waals surface area contributed by atoms with Crippen LogP contribution in [0.25, 0.3) is 0 Å². The van der Waals surface area contributed by atoms with Crippen molar-refractivity contribution in [3.05, 3.63) is 34.4 Å². The van der Waals surface area contributed by atoms with E-state index in [0.29, 0.717) is 0 Å². The molecule has 0 aromatic carbocycles. The Hall–Kier alpha value is -1.62. The lowest BCUT2D eigenvalue weighted by Crippen LogP contribution is -2.09. The van der Waals surface area contributed by atoms with Gasteiger partial charge >= 0.3 is 0 Å². The Kier molecular flexibility index (Phi) is 4.15. The standard InChI is InChI=1S/C13H17N3OS/c1-9(2)17-12-5-4-6-14-13(12)16-8-11-7-15-10(3)18-11/h4-7,9H,8H2,1-3H3,(H,14,16). The summed E-state index contributed by atoms with van der Waals surface area (Å²) in [6.07, 6.45) is 3.78. The summed E-state index contributed by atoms with van der Waals surface area (Å²) < 4.78 is 5.70. The van der Waals surface area contributed by atoms with E-state index in [1.165, 1.54) is 4.88 Å². The van der Waals surface area contributed by atoms with Crippen molar-refractivity contribution in [2.24, 2.45) is 0 Å². The molecule has 0 saturated carbocycles. The molecule has 0 aliphatic heterocycles. The van der Waals surface area contributed by atoms with Crippen molar-refractivity contribution in [3.63, 3.8) is 0 Å². The number of aromatic nitrogens is 2. The second kappa shape index (κ2) is 5.82. The zero-order chi connectivity index (χ0) is 13.0. The van der Waals surface area contributed by atoms with Gasteiger partial charge in [-0.25, -0.2) is 9.97 Å². The molecule has 2 aromatic heterocycles. The number of nitrogens with one attached hydrogen (secondary N) is 1. The van der Waals surface area contributed by atoms with Crippen molar-refractivity contribution in [3.8, 4) is 5.75 Å². The number of hydrogen-bond donors (Lipinski definition) is 1. The van der Waals surface area contributed by atoms with Gasteiger partial charge in [0.1, 0.15) is 0 Å². The maximum atomic E-state index is 5.70. The minimum absolute atomic E-state index is 0.139. The summed E-state index contributed by atoms with van der Waals surface area (Å²) in [6.45, 7) is 6.73. The molecule has 0 atom stereocenters. The number of hydrogen-bond acceptors (Lipinski definition) is 5. The van der Waals surface area contributed by atoms with Crippen LogP contribution in [-0.2, 0) is 6.54 Å². The smallest absolute Gasteiger partial charge is 0.169 e. The molecular formula is C13H17N3OS. The van der Waals surface area contributed by atoms with E-state index in [1.807, 2.05) is 39.1 Å². The van der Waals surface area contributed by atoms with Crippen LogP contribution in [0.1, 0.15) is 23.7 Å². The maximum absolute atomic E-state index is 5.70. The molecule has 0 aliphatic carbocycles. The van der Waals surface area contributed by atoms with E-state index < -0.39 is 0 Å². The van der Waals surface area contributed by atoms with E-state index >= 15 is 0 Å². The van der Waals surface area contributed by atoms with E-state index in [9.17, 15) is 0 Å². The minimum atomic E-state index is 0.139. The SMILES string of the molecule is Cc1ncc(CNc2ncccc2OC(C)C)s1. The minimum Gasteiger partial charge on any atom is -0.487 e. The van der Waals surface area contributed by atoms with Gasteiger partial charge in [0.15, 0.2) is 11.6 Å². The van der Waals surface area contributed by atoms with Gasteiger partial charge < -0.3 is 10.1 Å². The molecule has 0 unspecified atom stereocenters. The average molecular weight is 263 g/mol. The third kappa shape index (κ3) is 3.43. The van der Waals surface area contributed by atoms with E-state index in [2.05, 4.69) is 15.3 Å². The van der Waals surface area contributed by atoms with Crippen LogP contribution in [0.2, 0.25) is 0 Å². The molecule has 0 amide bonds. The Balaban J connectivity index is 2.04. The summed E-state index contributed by atoms with van der Waals surface area (Å²) >= 11 is 1.68. The summed E-state index contributed by atoms with van der Waals surface area (Å²) in [5.74, 6) is 1.56. The first-order valence-corrected chi connectivity index (χ1v) is 6.73. The van der Waals surface area contributed by atoms with Crippen LogP contribution in [0.5, 0.6) is 5.75 Å². The normalized spacial score (nSPS) is 10.7. The van der Waals surface area contributed by atoms with Gasteiger partial charge in [-0.1, -0.05) is 0 Å². The third-order valence-corrected chi connectivity index (χ3v) is 3.15. The molecule has 2 heterocycles. The summed E-state index contributed by atoms with van der Waals surface area (Å²) in [6, 6.07) is 3.80. The van der Waals surface area contributed by atoms with E-state index in [1.54, 1.807) is 17.5 Å². The molecule has 0 spiro atoms. The predicted molar refractivity (Wildman–Crippen MR) is 74.2 cm³/mol. The van der Waals surface area contributed by atoms with Gasteiger partial charge in [0.2, 0.25) is 0 Å². The van der Waals surface area contributed by atoms with Crippen LogP contribution < -0.4 is 10.1 Å². The van der Waals surface area contributed by atoms with Crippen molar-refractivity contribution in [1.82, 2.24) is 9.97 Å². The number of ether oxygens (including phenoxy) is 1. The Morgan fingerprint density at radius 1 is 1.39 bits per heavy atom. The first kappa shape index (κ1) is 12.8. The highest BCUT2D eigenvalue weighted by molar-refractivity contribution is 7.11. The third-order valence-electron chi connectivity index (χ3n) is 2.23. The summed E-state index contributed by atoms with van der Waals surface area (Å²) in [7, 11) is 0. The number of thiazole rings is 1. The van der Waals surface area contributed by atoms with Gasteiger partial charge in [0, 0.05) is 17.3 Å². The zero-order valence-electron chi connectivity index (χ0n) is 10.8. The van der Waals surface area contributed by atoms with Gasteiger partial charge in [0.05, 0.1) is 17.7 Å². The molecule has 4 nitrogen and oxygen atoms in total. The lowest BCUT2D eigenvalue weighted by molar-refractivity contribution is 0.243. The monoisotopic (exact) mass is 263 g/mol. The molecule has 0 radical (unpaired) electrons. The van der Waals surface area contributed by atoms with E-state index in [-0.39, 0.29) is 6.10 Å². The summed E-state index contributed by atoms with van der Waals surface area (Å²) in [5, 5.41) is 4.36. The Labute approximate surface area is 111 Å². The van der Waals surface area contributed by atoms with Crippen LogP contribution in [0.3, 0.4) is 0 Å². The lowest BCUT2D eigenvalue weighted by atomic mass is 10.4. The Morgan fingerprint density at radius 3 is 2.89 bits per heavy atom. The highest BCUT2D eigenvalue weighted by atomic mass is 32.1. The molecule has 96 valence electrons. The molecule has 1 N–H and O–H groups in total. The highest BCUT2D eigenvalue weighted by Crippen LogP contribution is 2.23. The Morgan fingerprint density at radius 2 is 2.22 bits per heavy atom. The average Bonchev–Trinajstić information content (AvgIpc) is 2.73. The van der Waals surface area contributed by atoms with Crippen molar-refractivity contribution < 1.29 is 4.74 Å². The summed E-state index contributed by atoms with van der Waals surface area (Å²) in [4.78, 5) is 9.72. The van der Waals surface area contributed by atoms with Crippen molar-refractivity contribution in [1.29, 1.82) is 0 Å². The molecule has 0 saturated heterocycles. The van der Waals surface area contributed by atoms with Crippen molar-refractivity contribution in [2.75, 3.05) is 5.32 Å². The molecule has 0 aliphatic rings. The first-order chi connectivity index (χ1) is 8.65. The first-order valence-electron chi connectivity index (χ1n) is 5.92. The molecule has 0 fully saturated rings. The number of anilines is 1. The predicted octanol–water partition coefficient (Wildman–Crippen LogP) is 3.25. The van der Waals surface area contributed by atoms with Crippen LogP contribution in [-0.4, -0.2) is 16.1 Å². The maximum Gasteiger partial charge on any atom is 0.169 e. The van der Waals surface area contributed by atoms with Gasteiger partial charge in [-0.3, -0.25) is 0 Å². The van der Waals surface area contributed by atoms with E-state index in [4.69, 9.17) is 4.74 Å². The molecule has 2 aromatic rings. The fourth-order valence-electron chi connectivity index (χ4n) is 1.53. The van der Waals surface area contributed by atoms with Crippen molar-refractivity contribution >= 4 is 17.2 Å². The molecule has 18 heavy (non-hydrogen) atoms. The molecular weight excluding hydrogens is 246 g/mol. The van der Waals surface area contributed by atoms with Crippen LogP contribution >= 0.6 is 11.3 Å². The summed E-state index contributed by atoms with van der Waals surface area (Å²) in [5.41, 5.74) is 0. The van der Waals surface area contributed by atoms with Gasteiger partial charge in [0.25, 0.3) is 0 Å². The fraction of sp³-hybridized carbons (Fsp3) is 0.385. The Bertz CT molecular complexity index is 510. The van der Waals surface area contributed by atoms with Crippen LogP contribution in [0, 0.1) is 6.92 Å². The van der Waals surface area contributed by atoms with Crippen LogP contribution in [0.4, 0.5) is 5.82 Å². The largest absolute Gasteiger partial charge is 0.487 e. The van der Waals surface area contributed by atoms with Crippen molar-refractivity contribution in [2.45, 2.75) is 33.4 Å². The number of pyridine rings is 1. The van der Waals surface area contributed by atoms with Gasteiger partial charge in [-0.05, 0) is 32.9 Å². The highest BCUT2D eigenvalue weighted by Gasteiger charge is 2.06. The molecule has 5 heteroatoms. The second-order valence-corrected chi connectivity index (χ2v) is 5.54. The van der Waals surface area contributed by atoms with Gasteiger partial charge in [-0.2, -0.15) is 0 Å². The van der Waals surface area contributed by atoms with Crippen LogP contribution in [0.15, 0.2) is 24.5 Å².